The topological polar surface area (TPSA) is 83.0 Å². The van der Waals surface area contributed by atoms with Crippen molar-refractivity contribution in [1.82, 2.24) is 15.5 Å². The van der Waals surface area contributed by atoms with E-state index in [1.54, 1.807) is 27.8 Å². The molecular weight excluding hydrogens is 376 g/mol. The van der Waals surface area contributed by atoms with Crippen molar-refractivity contribution in [2.75, 3.05) is 58.7 Å². The molecule has 0 unspecified atom stereocenters. The molecule has 2 aliphatic rings. The Balaban J connectivity index is 1.87. The van der Waals surface area contributed by atoms with Crippen molar-refractivity contribution < 1.29 is 13.2 Å². The molecule has 1 aliphatic carbocycles. The second-order valence-electron chi connectivity index (χ2n) is 9.23. The van der Waals surface area contributed by atoms with Gasteiger partial charge in [-0.25, -0.2) is 8.42 Å². The van der Waals surface area contributed by atoms with Crippen LogP contribution in [-0.4, -0.2) is 82.8 Å². The van der Waals surface area contributed by atoms with Gasteiger partial charge < -0.3 is 15.4 Å². The standard InChI is InChI=1S/C20H40N4O3S/c1-19(2,3)28(25,26)15-10-22-18(21-4)23-16-20(8-6-5-7-9-20)17-24-11-13-27-14-12-24/h5-17H2,1-4H3,(H2,21,22,23). The third kappa shape index (κ3) is 6.88. The van der Waals surface area contributed by atoms with E-state index in [2.05, 4.69) is 20.5 Å². The molecule has 0 aromatic carbocycles. The van der Waals surface area contributed by atoms with E-state index in [-0.39, 0.29) is 11.2 Å². The second kappa shape index (κ2) is 10.3. The molecule has 1 saturated carbocycles. The van der Waals surface area contributed by atoms with Gasteiger partial charge in [-0.2, -0.15) is 0 Å². The molecule has 28 heavy (non-hydrogen) atoms. The molecule has 1 saturated heterocycles. The normalized spacial score (nSPS) is 22.1. The number of nitrogens with one attached hydrogen (secondary N) is 2. The van der Waals surface area contributed by atoms with E-state index in [0.29, 0.717) is 12.5 Å². The lowest BCUT2D eigenvalue weighted by atomic mass is 9.73. The fourth-order valence-corrected chi connectivity index (χ4v) is 5.01. The summed E-state index contributed by atoms with van der Waals surface area (Å²) in [6, 6.07) is 0. The predicted molar refractivity (Wildman–Crippen MR) is 116 cm³/mol. The molecule has 2 fully saturated rings. The first kappa shape index (κ1) is 23.4. The lowest BCUT2D eigenvalue weighted by molar-refractivity contribution is 0.00820. The summed E-state index contributed by atoms with van der Waals surface area (Å²) in [4.78, 5) is 6.83. The summed E-state index contributed by atoms with van der Waals surface area (Å²) >= 11 is 0. The molecule has 1 heterocycles. The number of hydrogen-bond acceptors (Lipinski definition) is 5. The monoisotopic (exact) mass is 416 g/mol. The minimum Gasteiger partial charge on any atom is -0.379 e. The highest BCUT2D eigenvalue weighted by Crippen LogP contribution is 2.36. The third-order valence-electron chi connectivity index (χ3n) is 6.03. The molecule has 1 aliphatic heterocycles. The average molecular weight is 417 g/mol. The summed E-state index contributed by atoms with van der Waals surface area (Å²) in [6.07, 6.45) is 6.34. The zero-order valence-corrected chi connectivity index (χ0v) is 19.0. The molecule has 0 aromatic heterocycles. The molecular formula is C20H40N4O3S. The SMILES string of the molecule is CN=C(NCCS(=O)(=O)C(C)(C)C)NCC1(CN2CCOCC2)CCCCC1. The predicted octanol–water partition coefficient (Wildman–Crippen LogP) is 1.65. The maximum atomic E-state index is 12.3. The molecule has 0 radical (unpaired) electrons. The lowest BCUT2D eigenvalue weighted by Gasteiger charge is -2.42. The van der Waals surface area contributed by atoms with Gasteiger partial charge in [-0.1, -0.05) is 19.3 Å². The van der Waals surface area contributed by atoms with Crippen LogP contribution < -0.4 is 10.6 Å². The van der Waals surface area contributed by atoms with Gasteiger partial charge in [0.15, 0.2) is 15.8 Å². The van der Waals surface area contributed by atoms with Gasteiger partial charge in [-0.3, -0.25) is 9.89 Å². The summed E-state index contributed by atoms with van der Waals surface area (Å²) in [5, 5.41) is 6.66. The number of sulfone groups is 1. The van der Waals surface area contributed by atoms with Crippen molar-refractivity contribution in [2.24, 2.45) is 10.4 Å². The van der Waals surface area contributed by atoms with E-state index in [1.807, 2.05) is 0 Å². The van der Waals surface area contributed by atoms with Crippen LogP contribution in [0.2, 0.25) is 0 Å². The minimum atomic E-state index is -3.13. The maximum absolute atomic E-state index is 12.3. The molecule has 0 aromatic rings. The first-order valence-corrected chi connectivity index (χ1v) is 12.3. The molecule has 164 valence electrons. The number of morpholine rings is 1. The van der Waals surface area contributed by atoms with Crippen LogP contribution in [0.4, 0.5) is 0 Å². The van der Waals surface area contributed by atoms with Crippen LogP contribution in [0.5, 0.6) is 0 Å². The van der Waals surface area contributed by atoms with E-state index < -0.39 is 14.6 Å². The van der Waals surface area contributed by atoms with Crippen molar-refractivity contribution in [2.45, 2.75) is 57.6 Å². The van der Waals surface area contributed by atoms with Crippen molar-refractivity contribution in [3.8, 4) is 0 Å². The van der Waals surface area contributed by atoms with Crippen molar-refractivity contribution >= 4 is 15.8 Å². The fraction of sp³-hybridized carbons (Fsp3) is 0.950. The van der Waals surface area contributed by atoms with Gasteiger partial charge in [-0.05, 0) is 33.6 Å². The zero-order chi connectivity index (χ0) is 20.7. The van der Waals surface area contributed by atoms with E-state index in [0.717, 1.165) is 39.4 Å². The zero-order valence-electron chi connectivity index (χ0n) is 18.2. The van der Waals surface area contributed by atoms with E-state index in [1.165, 1.54) is 32.1 Å². The number of aliphatic imine (C=N–C) groups is 1. The van der Waals surface area contributed by atoms with Crippen LogP contribution in [0.25, 0.3) is 0 Å². The largest absolute Gasteiger partial charge is 0.379 e. The Labute approximate surface area is 171 Å². The molecule has 0 amide bonds. The van der Waals surface area contributed by atoms with E-state index >= 15 is 0 Å². The van der Waals surface area contributed by atoms with E-state index in [9.17, 15) is 8.42 Å². The quantitative estimate of drug-likeness (QED) is 0.485. The average Bonchev–Trinajstić information content (AvgIpc) is 2.65. The van der Waals surface area contributed by atoms with Crippen LogP contribution in [0.3, 0.4) is 0 Å². The summed E-state index contributed by atoms with van der Waals surface area (Å²) in [5.41, 5.74) is 0.255. The number of hydrogen-bond donors (Lipinski definition) is 2. The Morgan fingerprint density at radius 1 is 1.11 bits per heavy atom. The van der Waals surface area contributed by atoms with Crippen molar-refractivity contribution in [3.05, 3.63) is 0 Å². The van der Waals surface area contributed by atoms with Crippen LogP contribution >= 0.6 is 0 Å². The van der Waals surface area contributed by atoms with Gasteiger partial charge in [0.2, 0.25) is 0 Å². The number of rotatable bonds is 7. The van der Waals surface area contributed by atoms with Crippen LogP contribution in [0, 0.1) is 5.41 Å². The van der Waals surface area contributed by atoms with E-state index in [4.69, 9.17) is 4.74 Å². The van der Waals surface area contributed by atoms with Gasteiger partial charge in [0, 0.05) is 45.2 Å². The molecule has 8 heteroatoms. The molecule has 0 atom stereocenters. The summed E-state index contributed by atoms with van der Waals surface area (Å²) in [6.45, 7) is 11.3. The van der Waals surface area contributed by atoms with Gasteiger partial charge in [-0.15, -0.1) is 0 Å². The first-order valence-electron chi connectivity index (χ1n) is 10.6. The Hall–Kier alpha value is -0.860. The molecule has 0 spiro atoms. The van der Waals surface area contributed by atoms with Crippen LogP contribution in [-0.2, 0) is 14.6 Å². The first-order chi connectivity index (χ1) is 13.2. The van der Waals surface area contributed by atoms with Gasteiger partial charge >= 0.3 is 0 Å². The Kier molecular flexibility index (Phi) is 8.58. The third-order valence-corrected chi connectivity index (χ3v) is 8.64. The number of nitrogens with zero attached hydrogens (tertiary/aromatic N) is 2. The summed E-state index contributed by atoms with van der Waals surface area (Å²) < 4.78 is 29.3. The van der Waals surface area contributed by atoms with Crippen molar-refractivity contribution in [1.29, 1.82) is 0 Å². The minimum absolute atomic E-state index is 0.107. The molecule has 0 bridgehead atoms. The highest BCUT2D eigenvalue weighted by molar-refractivity contribution is 7.92. The molecule has 7 nitrogen and oxygen atoms in total. The van der Waals surface area contributed by atoms with Crippen molar-refractivity contribution in [3.63, 3.8) is 0 Å². The smallest absolute Gasteiger partial charge is 0.191 e. The summed E-state index contributed by atoms with van der Waals surface area (Å²) in [7, 11) is -1.39. The van der Waals surface area contributed by atoms with Gasteiger partial charge in [0.1, 0.15) is 0 Å². The molecule has 2 rings (SSSR count). The number of ether oxygens (including phenoxy) is 1. The summed E-state index contributed by atoms with van der Waals surface area (Å²) in [5.74, 6) is 0.798. The highest BCUT2D eigenvalue weighted by atomic mass is 32.2. The maximum Gasteiger partial charge on any atom is 0.191 e. The Bertz CT molecular complexity index is 601. The Morgan fingerprint density at radius 3 is 2.32 bits per heavy atom. The van der Waals surface area contributed by atoms with Gasteiger partial charge in [0.05, 0.1) is 23.7 Å². The lowest BCUT2D eigenvalue weighted by Crippen LogP contribution is -2.51. The highest BCUT2D eigenvalue weighted by Gasteiger charge is 2.34. The van der Waals surface area contributed by atoms with Gasteiger partial charge in [0.25, 0.3) is 0 Å². The van der Waals surface area contributed by atoms with Crippen LogP contribution in [0.1, 0.15) is 52.9 Å². The Morgan fingerprint density at radius 2 is 1.75 bits per heavy atom. The second-order valence-corrected chi connectivity index (χ2v) is 12.1. The fourth-order valence-electron chi connectivity index (χ4n) is 4.03. The van der Waals surface area contributed by atoms with Crippen LogP contribution in [0.15, 0.2) is 4.99 Å². The molecule has 2 N–H and O–H groups in total. The number of guanidine groups is 1.